The lowest BCUT2D eigenvalue weighted by atomic mass is 9.94. The standard InChI is InChI=1S/C18H28N4O2/c1-14(2)11-21-18(24)22-9-5-6-15(13-22)10-17(23)20-12-16-7-3-4-8-19-16/h3-4,7-8,14-15H,5-6,9-13H2,1-2H3,(H,20,23)(H,21,24)/t15-/m0/s1. The summed E-state index contributed by atoms with van der Waals surface area (Å²) < 4.78 is 0. The molecule has 3 amide bonds. The molecular formula is C18H28N4O2. The van der Waals surface area contributed by atoms with Crippen LogP contribution < -0.4 is 10.6 Å². The Kier molecular flexibility index (Phi) is 7.03. The molecule has 6 heteroatoms. The van der Waals surface area contributed by atoms with Crippen LogP contribution >= 0.6 is 0 Å². The third-order valence-corrected chi connectivity index (χ3v) is 4.13. The van der Waals surface area contributed by atoms with Crippen molar-refractivity contribution in [2.24, 2.45) is 11.8 Å². The quantitative estimate of drug-likeness (QED) is 0.838. The molecule has 1 saturated heterocycles. The highest BCUT2D eigenvalue weighted by atomic mass is 16.2. The number of carbonyl (C=O) groups excluding carboxylic acids is 2. The summed E-state index contributed by atoms with van der Waals surface area (Å²) in [5.41, 5.74) is 0.851. The van der Waals surface area contributed by atoms with E-state index >= 15 is 0 Å². The summed E-state index contributed by atoms with van der Waals surface area (Å²) in [7, 11) is 0. The maximum absolute atomic E-state index is 12.2. The van der Waals surface area contributed by atoms with Crippen molar-refractivity contribution in [1.82, 2.24) is 20.5 Å². The molecule has 0 saturated carbocycles. The Labute approximate surface area is 144 Å². The lowest BCUT2D eigenvalue weighted by Crippen LogP contribution is -2.47. The number of likely N-dealkylation sites (tertiary alicyclic amines) is 1. The molecule has 2 N–H and O–H groups in total. The van der Waals surface area contributed by atoms with Gasteiger partial charge >= 0.3 is 6.03 Å². The Morgan fingerprint density at radius 3 is 2.88 bits per heavy atom. The lowest BCUT2D eigenvalue weighted by molar-refractivity contribution is -0.122. The summed E-state index contributed by atoms with van der Waals surface area (Å²) in [5.74, 6) is 0.689. The van der Waals surface area contributed by atoms with Crippen molar-refractivity contribution in [1.29, 1.82) is 0 Å². The van der Waals surface area contributed by atoms with Crippen LogP contribution in [0.1, 0.15) is 38.8 Å². The highest BCUT2D eigenvalue weighted by Crippen LogP contribution is 2.19. The third kappa shape index (κ3) is 6.18. The summed E-state index contributed by atoms with van der Waals surface area (Å²) in [6.45, 7) is 6.71. The summed E-state index contributed by atoms with van der Waals surface area (Å²) in [6.07, 6.45) is 4.12. The first kappa shape index (κ1) is 18.2. The number of rotatable bonds is 6. The van der Waals surface area contributed by atoms with Crippen molar-refractivity contribution in [3.8, 4) is 0 Å². The number of nitrogens with zero attached hydrogens (tertiary/aromatic N) is 2. The van der Waals surface area contributed by atoms with Gasteiger partial charge in [0.25, 0.3) is 0 Å². The number of aromatic nitrogens is 1. The second-order valence-electron chi connectivity index (χ2n) is 6.84. The number of amides is 3. The van der Waals surface area contributed by atoms with Crippen molar-refractivity contribution < 1.29 is 9.59 Å². The molecule has 6 nitrogen and oxygen atoms in total. The van der Waals surface area contributed by atoms with Crippen LogP contribution in [0, 0.1) is 11.8 Å². The van der Waals surface area contributed by atoms with E-state index in [9.17, 15) is 9.59 Å². The van der Waals surface area contributed by atoms with E-state index in [1.807, 2.05) is 23.1 Å². The Bertz CT molecular complexity index is 533. The smallest absolute Gasteiger partial charge is 0.317 e. The summed E-state index contributed by atoms with van der Waals surface area (Å²) in [4.78, 5) is 30.3. The second kappa shape index (κ2) is 9.25. The van der Waals surface area contributed by atoms with Crippen molar-refractivity contribution in [3.05, 3.63) is 30.1 Å². The zero-order valence-corrected chi connectivity index (χ0v) is 14.6. The van der Waals surface area contributed by atoms with Gasteiger partial charge in [0.05, 0.1) is 12.2 Å². The normalized spacial score (nSPS) is 17.6. The molecule has 1 atom stereocenters. The predicted octanol–water partition coefficient (Wildman–Crippen LogP) is 2.17. The topological polar surface area (TPSA) is 74.3 Å². The Balaban J connectivity index is 1.73. The van der Waals surface area contributed by atoms with Crippen LogP contribution in [0.5, 0.6) is 0 Å². The van der Waals surface area contributed by atoms with Crippen molar-refractivity contribution in [2.75, 3.05) is 19.6 Å². The highest BCUT2D eigenvalue weighted by molar-refractivity contribution is 5.77. The molecule has 0 radical (unpaired) electrons. The van der Waals surface area contributed by atoms with Gasteiger partial charge in [0, 0.05) is 32.3 Å². The molecule has 0 spiro atoms. The molecule has 2 heterocycles. The Morgan fingerprint density at radius 1 is 1.33 bits per heavy atom. The van der Waals surface area contributed by atoms with E-state index in [2.05, 4.69) is 29.5 Å². The van der Waals surface area contributed by atoms with E-state index in [0.717, 1.165) is 25.1 Å². The van der Waals surface area contributed by atoms with Crippen LogP contribution in [0.3, 0.4) is 0 Å². The number of piperidine rings is 1. The van der Waals surface area contributed by atoms with Gasteiger partial charge in [-0.25, -0.2) is 4.79 Å². The number of nitrogens with one attached hydrogen (secondary N) is 2. The van der Waals surface area contributed by atoms with E-state index in [0.29, 0.717) is 32.0 Å². The number of pyridine rings is 1. The fourth-order valence-corrected chi connectivity index (χ4v) is 2.85. The van der Waals surface area contributed by atoms with Gasteiger partial charge in [-0.2, -0.15) is 0 Å². The third-order valence-electron chi connectivity index (χ3n) is 4.13. The van der Waals surface area contributed by atoms with E-state index < -0.39 is 0 Å². The van der Waals surface area contributed by atoms with Gasteiger partial charge in [0.1, 0.15) is 0 Å². The van der Waals surface area contributed by atoms with Gasteiger partial charge in [-0.05, 0) is 36.8 Å². The monoisotopic (exact) mass is 332 g/mol. The molecule has 24 heavy (non-hydrogen) atoms. The molecule has 0 aliphatic carbocycles. The molecule has 1 aromatic rings. The molecule has 132 valence electrons. The molecule has 1 fully saturated rings. The first-order valence-corrected chi connectivity index (χ1v) is 8.74. The van der Waals surface area contributed by atoms with E-state index in [1.165, 1.54) is 0 Å². The molecule has 0 unspecified atom stereocenters. The van der Waals surface area contributed by atoms with Gasteiger partial charge < -0.3 is 15.5 Å². The van der Waals surface area contributed by atoms with Gasteiger partial charge in [-0.1, -0.05) is 19.9 Å². The molecular weight excluding hydrogens is 304 g/mol. The maximum atomic E-state index is 12.2. The van der Waals surface area contributed by atoms with Crippen LogP contribution in [-0.4, -0.2) is 41.5 Å². The van der Waals surface area contributed by atoms with Crippen LogP contribution in [0.25, 0.3) is 0 Å². The number of hydrogen-bond donors (Lipinski definition) is 2. The Morgan fingerprint density at radius 2 is 2.17 bits per heavy atom. The zero-order valence-electron chi connectivity index (χ0n) is 14.6. The first-order valence-electron chi connectivity index (χ1n) is 8.74. The van der Waals surface area contributed by atoms with E-state index in [1.54, 1.807) is 6.20 Å². The zero-order chi connectivity index (χ0) is 17.4. The molecule has 0 aromatic carbocycles. The Hall–Kier alpha value is -2.11. The SMILES string of the molecule is CC(C)CNC(=O)N1CCC[C@@H](CC(=O)NCc2ccccn2)C1. The number of hydrogen-bond acceptors (Lipinski definition) is 3. The van der Waals surface area contributed by atoms with Crippen molar-refractivity contribution in [3.63, 3.8) is 0 Å². The van der Waals surface area contributed by atoms with Crippen LogP contribution in [0.15, 0.2) is 24.4 Å². The average molecular weight is 332 g/mol. The minimum absolute atomic E-state index is 0.0118. The minimum atomic E-state index is -0.0118. The van der Waals surface area contributed by atoms with E-state index in [4.69, 9.17) is 0 Å². The largest absolute Gasteiger partial charge is 0.350 e. The first-order chi connectivity index (χ1) is 11.5. The molecule has 0 bridgehead atoms. The number of carbonyl (C=O) groups is 2. The number of urea groups is 1. The maximum Gasteiger partial charge on any atom is 0.317 e. The molecule has 1 aliphatic heterocycles. The van der Waals surface area contributed by atoms with Gasteiger partial charge in [0.15, 0.2) is 0 Å². The minimum Gasteiger partial charge on any atom is -0.350 e. The molecule has 2 rings (SSSR count). The highest BCUT2D eigenvalue weighted by Gasteiger charge is 2.25. The fourth-order valence-electron chi connectivity index (χ4n) is 2.85. The fraction of sp³-hybridized carbons (Fsp3) is 0.611. The van der Waals surface area contributed by atoms with Crippen molar-refractivity contribution >= 4 is 11.9 Å². The van der Waals surface area contributed by atoms with Crippen LogP contribution in [0.2, 0.25) is 0 Å². The molecule has 1 aromatic heterocycles. The summed E-state index contributed by atoms with van der Waals surface area (Å²) >= 11 is 0. The lowest BCUT2D eigenvalue weighted by Gasteiger charge is -2.32. The summed E-state index contributed by atoms with van der Waals surface area (Å²) in [6, 6.07) is 5.64. The van der Waals surface area contributed by atoms with Crippen molar-refractivity contribution in [2.45, 2.75) is 39.7 Å². The van der Waals surface area contributed by atoms with Gasteiger partial charge in [0.2, 0.25) is 5.91 Å². The van der Waals surface area contributed by atoms with E-state index in [-0.39, 0.29) is 17.9 Å². The second-order valence-corrected chi connectivity index (χ2v) is 6.84. The van der Waals surface area contributed by atoms with Crippen LogP contribution in [0.4, 0.5) is 4.79 Å². The summed E-state index contributed by atoms with van der Waals surface area (Å²) in [5, 5.41) is 5.86. The van der Waals surface area contributed by atoms with Gasteiger partial charge in [-0.3, -0.25) is 9.78 Å². The molecule has 1 aliphatic rings. The average Bonchev–Trinajstić information content (AvgIpc) is 2.59. The predicted molar refractivity (Wildman–Crippen MR) is 93.2 cm³/mol. The van der Waals surface area contributed by atoms with Crippen LogP contribution in [-0.2, 0) is 11.3 Å². The van der Waals surface area contributed by atoms with Gasteiger partial charge in [-0.15, -0.1) is 0 Å².